The molecular formula is C17H31N3O3. The van der Waals surface area contributed by atoms with Gasteiger partial charge in [0.2, 0.25) is 11.8 Å². The lowest BCUT2D eigenvalue weighted by Gasteiger charge is -2.37. The van der Waals surface area contributed by atoms with Crippen molar-refractivity contribution in [1.82, 2.24) is 9.80 Å². The highest BCUT2D eigenvalue weighted by atomic mass is 16.5. The first kappa shape index (κ1) is 18.2. The lowest BCUT2D eigenvalue weighted by atomic mass is 9.92. The molecule has 0 aliphatic carbocycles. The summed E-state index contributed by atoms with van der Waals surface area (Å²) in [7, 11) is 0. The molecule has 0 bridgehead atoms. The molecule has 2 N–H and O–H groups in total. The van der Waals surface area contributed by atoms with Gasteiger partial charge in [-0.3, -0.25) is 14.5 Å². The Balaban J connectivity index is 1.71. The number of ether oxygens (including phenoxy) is 1. The minimum absolute atomic E-state index is 0.0197. The van der Waals surface area contributed by atoms with Gasteiger partial charge in [-0.2, -0.15) is 0 Å². The number of morpholine rings is 1. The maximum absolute atomic E-state index is 12.5. The Morgan fingerprint density at radius 3 is 2.52 bits per heavy atom. The Morgan fingerprint density at radius 2 is 1.91 bits per heavy atom. The van der Waals surface area contributed by atoms with Gasteiger partial charge in [0.25, 0.3) is 0 Å². The van der Waals surface area contributed by atoms with E-state index >= 15 is 0 Å². The van der Waals surface area contributed by atoms with Crippen LogP contribution in [0.4, 0.5) is 0 Å². The fraction of sp³-hybridized carbons (Fsp3) is 0.882. The van der Waals surface area contributed by atoms with E-state index in [2.05, 4.69) is 18.7 Å². The van der Waals surface area contributed by atoms with Gasteiger partial charge in [0.15, 0.2) is 0 Å². The molecule has 0 radical (unpaired) electrons. The largest absolute Gasteiger partial charge is 0.375 e. The van der Waals surface area contributed by atoms with E-state index in [1.165, 1.54) is 0 Å². The molecule has 2 rings (SSSR count). The molecule has 6 heteroatoms. The van der Waals surface area contributed by atoms with Crippen LogP contribution in [0.15, 0.2) is 0 Å². The molecule has 1 atom stereocenters. The van der Waals surface area contributed by atoms with Crippen molar-refractivity contribution in [2.45, 2.75) is 58.1 Å². The third-order valence-electron chi connectivity index (χ3n) is 5.07. The minimum atomic E-state index is -0.229. The van der Waals surface area contributed by atoms with Crippen molar-refractivity contribution >= 4 is 11.8 Å². The van der Waals surface area contributed by atoms with Crippen LogP contribution in [0.25, 0.3) is 0 Å². The summed E-state index contributed by atoms with van der Waals surface area (Å²) in [6.45, 7) is 8.46. The van der Waals surface area contributed by atoms with Crippen molar-refractivity contribution in [2.24, 2.45) is 11.7 Å². The minimum Gasteiger partial charge on any atom is -0.375 e. The molecule has 1 unspecified atom stereocenters. The van der Waals surface area contributed by atoms with E-state index < -0.39 is 0 Å². The molecule has 2 amide bonds. The van der Waals surface area contributed by atoms with Crippen molar-refractivity contribution in [2.75, 3.05) is 32.8 Å². The predicted molar refractivity (Wildman–Crippen MR) is 88.8 cm³/mol. The number of amides is 2. The second-order valence-corrected chi connectivity index (χ2v) is 7.11. The number of primary amides is 1. The van der Waals surface area contributed by atoms with Crippen LogP contribution >= 0.6 is 0 Å². The predicted octanol–water partition coefficient (Wildman–Crippen LogP) is 0.990. The van der Waals surface area contributed by atoms with Crippen LogP contribution in [0.5, 0.6) is 0 Å². The molecule has 23 heavy (non-hydrogen) atoms. The Bertz CT molecular complexity index is 406. The standard InChI is InChI=1S/C17H31N3O3/c1-13(2)20-9-10-23-15(12-20)11-17(22)19-7-5-14(6-8-19)3-4-16(18)21/h13-15H,3-12H2,1-2H3,(H2,18,21). The highest BCUT2D eigenvalue weighted by Gasteiger charge is 2.28. The molecule has 132 valence electrons. The molecule has 2 aliphatic heterocycles. The topological polar surface area (TPSA) is 75.9 Å². The number of piperidine rings is 1. The van der Waals surface area contributed by atoms with Crippen LogP contribution < -0.4 is 5.73 Å². The fourth-order valence-corrected chi connectivity index (χ4v) is 3.48. The average Bonchev–Trinajstić information content (AvgIpc) is 2.53. The summed E-state index contributed by atoms with van der Waals surface area (Å²) in [5, 5.41) is 0. The molecule has 0 aromatic rings. The Morgan fingerprint density at radius 1 is 1.22 bits per heavy atom. The van der Waals surface area contributed by atoms with Gasteiger partial charge in [-0.15, -0.1) is 0 Å². The van der Waals surface area contributed by atoms with Crippen LogP contribution in [-0.2, 0) is 14.3 Å². The summed E-state index contributed by atoms with van der Waals surface area (Å²) in [6, 6.07) is 0.498. The van der Waals surface area contributed by atoms with Crippen LogP contribution in [0.1, 0.15) is 46.0 Å². The van der Waals surface area contributed by atoms with Crippen LogP contribution in [-0.4, -0.2) is 66.5 Å². The number of carbonyl (C=O) groups excluding carboxylic acids is 2. The number of hydrogen-bond acceptors (Lipinski definition) is 4. The molecule has 2 heterocycles. The summed E-state index contributed by atoms with van der Waals surface area (Å²) < 4.78 is 5.77. The van der Waals surface area contributed by atoms with E-state index in [9.17, 15) is 9.59 Å². The molecule has 0 aromatic heterocycles. The number of likely N-dealkylation sites (tertiary alicyclic amines) is 1. The zero-order chi connectivity index (χ0) is 16.8. The SMILES string of the molecule is CC(C)N1CCOC(CC(=O)N2CCC(CCC(N)=O)CC2)C1. The van der Waals surface area contributed by atoms with Crippen molar-refractivity contribution in [3.8, 4) is 0 Å². The van der Waals surface area contributed by atoms with E-state index in [-0.39, 0.29) is 17.9 Å². The first-order valence-electron chi connectivity index (χ1n) is 8.87. The molecule has 2 aliphatic rings. The van der Waals surface area contributed by atoms with Crippen molar-refractivity contribution < 1.29 is 14.3 Å². The normalized spacial score (nSPS) is 24.1. The molecule has 0 spiro atoms. The monoisotopic (exact) mass is 325 g/mol. The molecular weight excluding hydrogens is 294 g/mol. The molecule has 2 saturated heterocycles. The molecule has 0 aromatic carbocycles. The smallest absolute Gasteiger partial charge is 0.225 e. The van der Waals surface area contributed by atoms with Gasteiger partial charge in [0, 0.05) is 38.6 Å². The van der Waals surface area contributed by atoms with Crippen molar-refractivity contribution in [3.63, 3.8) is 0 Å². The highest BCUT2D eigenvalue weighted by molar-refractivity contribution is 5.77. The number of carbonyl (C=O) groups is 2. The lowest BCUT2D eigenvalue weighted by molar-refractivity contribution is -0.138. The lowest BCUT2D eigenvalue weighted by Crippen LogP contribution is -2.48. The maximum atomic E-state index is 12.5. The second kappa shape index (κ2) is 8.64. The third-order valence-corrected chi connectivity index (χ3v) is 5.07. The van der Waals surface area contributed by atoms with Gasteiger partial charge in [-0.05, 0) is 39.0 Å². The van der Waals surface area contributed by atoms with Gasteiger partial charge >= 0.3 is 0 Å². The van der Waals surface area contributed by atoms with E-state index in [0.717, 1.165) is 45.4 Å². The summed E-state index contributed by atoms with van der Waals surface area (Å²) in [4.78, 5) is 27.6. The maximum Gasteiger partial charge on any atom is 0.225 e. The summed E-state index contributed by atoms with van der Waals surface area (Å²) >= 11 is 0. The van der Waals surface area contributed by atoms with Gasteiger partial charge in [-0.1, -0.05) is 0 Å². The molecule has 6 nitrogen and oxygen atoms in total. The molecule has 2 fully saturated rings. The Hall–Kier alpha value is -1.14. The van der Waals surface area contributed by atoms with Crippen LogP contribution in [0.2, 0.25) is 0 Å². The zero-order valence-electron chi connectivity index (χ0n) is 14.5. The van der Waals surface area contributed by atoms with Gasteiger partial charge in [0.05, 0.1) is 19.1 Å². The van der Waals surface area contributed by atoms with Crippen molar-refractivity contribution in [1.29, 1.82) is 0 Å². The first-order valence-corrected chi connectivity index (χ1v) is 8.87. The first-order chi connectivity index (χ1) is 11.0. The van der Waals surface area contributed by atoms with Crippen LogP contribution in [0, 0.1) is 5.92 Å². The third kappa shape index (κ3) is 5.77. The quantitative estimate of drug-likeness (QED) is 0.790. The summed E-state index contributed by atoms with van der Waals surface area (Å²) in [5.74, 6) is 0.496. The van der Waals surface area contributed by atoms with E-state index in [1.54, 1.807) is 0 Å². The van der Waals surface area contributed by atoms with E-state index in [1.807, 2.05) is 4.90 Å². The fourth-order valence-electron chi connectivity index (χ4n) is 3.48. The van der Waals surface area contributed by atoms with Crippen molar-refractivity contribution in [3.05, 3.63) is 0 Å². The number of nitrogens with two attached hydrogens (primary N) is 1. The summed E-state index contributed by atoms with van der Waals surface area (Å²) in [6.07, 6.45) is 3.76. The van der Waals surface area contributed by atoms with E-state index in [4.69, 9.17) is 10.5 Å². The highest BCUT2D eigenvalue weighted by Crippen LogP contribution is 2.23. The van der Waals surface area contributed by atoms with Crippen LogP contribution in [0.3, 0.4) is 0 Å². The number of rotatable bonds is 6. The van der Waals surface area contributed by atoms with Gasteiger partial charge < -0.3 is 15.4 Å². The Labute approximate surface area is 139 Å². The number of nitrogens with zero attached hydrogens (tertiary/aromatic N) is 2. The van der Waals surface area contributed by atoms with E-state index in [0.29, 0.717) is 31.4 Å². The molecule has 0 saturated carbocycles. The average molecular weight is 325 g/mol. The Kier molecular flexibility index (Phi) is 6.84. The zero-order valence-corrected chi connectivity index (χ0v) is 14.5. The second-order valence-electron chi connectivity index (χ2n) is 7.11. The number of hydrogen-bond donors (Lipinski definition) is 1. The summed E-state index contributed by atoms with van der Waals surface area (Å²) in [5.41, 5.74) is 5.20. The van der Waals surface area contributed by atoms with Gasteiger partial charge in [-0.25, -0.2) is 0 Å². The van der Waals surface area contributed by atoms with Gasteiger partial charge in [0.1, 0.15) is 0 Å².